The van der Waals surface area contributed by atoms with Gasteiger partial charge in [-0.15, -0.1) is 0 Å². The quantitative estimate of drug-likeness (QED) is 0.487. The van der Waals surface area contributed by atoms with Crippen molar-refractivity contribution in [2.24, 2.45) is 0 Å². The minimum absolute atomic E-state index is 0.514. The van der Waals surface area contributed by atoms with Gasteiger partial charge in [0.15, 0.2) is 0 Å². The van der Waals surface area contributed by atoms with Gasteiger partial charge < -0.3 is 15.6 Å². The number of hydroxylamine groups is 2. The Labute approximate surface area is 49.3 Å². The molecule has 1 aliphatic rings. The average Bonchev–Trinajstić information content (AvgIpc) is 1.94. The van der Waals surface area contributed by atoms with Crippen LogP contribution in [0.4, 0.5) is 0 Å². The monoisotopic (exact) mass is 115 g/mol. The highest BCUT2D eigenvalue weighted by atomic mass is 16.5. The van der Waals surface area contributed by atoms with E-state index >= 15 is 0 Å². The van der Waals surface area contributed by atoms with Gasteiger partial charge in [-0.2, -0.15) is 0 Å². The Balaban J connectivity index is 2.17. The third-order valence-corrected chi connectivity index (χ3v) is 1.30. The third-order valence-electron chi connectivity index (χ3n) is 1.30. The van der Waals surface area contributed by atoms with Crippen LogP contribution >= 0.6 is 0 Å². The second kappa shape index (κ2) is 3.02. The van der Waals surface area contributed by atoms with Crippen LogP contribution in [0.2, 0.25) is 0 Å². The van der Waals surface area contributed by atoms with Gasteiger partial charge in [0.2, 0.25) is 0 Å². The van der Waals surface area contributed by atoms with Gasteiger partial charge in [-0.3, -0.25) is 0 Å². The maximum Gasteiger partial charge on any atom is 0.0364 e. The molecule has 1 fully saturated rings. The molecule has 0 aromatic heterocycles. The summed E-state index contributed by atoms with van der Waals surface area (Å²) in [6, 6.07) is 0. The van der Waals surface area contributed by atoms with E-state index in [1.807, 2.05) is 0 Å². The topological polar surface area (TPSA) is 38.3 Å². The average molecular weight is 115 g/mol. The third kappa shape index (κ3) is 1.78. The maximum atomic E-state index is 10.5. The highest BCUT2D eigenvalue weighted by molar-refractivity contribution is 4.60. The lowest BCUT2D eigenvalue weighted by Crippen LogP contribution is -2.27. The van der Waals surface area contributed by atoms with E-state index in [2.05, 4.69) is 5.32 Å². The molecular formula is C5H11N2O-. The van der Waals surface area contributed by atoms with Crippen LogP contribution in [-0.2, 0) is 0 Å². The fraction of sp³-hybridized carbons (Fsp3) is 1.00. The lowest BCUT2D eigenvalue weighted by atomic mass is 10.3. The number of nitrogens with zero attached hydrogens (tertiary/aromatic N) is 1. The molecule has 0 amide bonds. The first-order valence-electron chi connectivity index (χ1n) is 3.02. The van der Waals surface area contributed by atoms with Crippen LogP contribution in [0.1, 0.15) is 12.8 Å². The van der Waals surface area contributed by atoms with Crippen molar-refractivity contribution in [2.75, 3.05) is 19.8 Å². The molecule has 0 aromatic rings. The summed E-state index contributed by atoms with van der Waals surface area (Å²) in [7, 11) is 0. The number of rotatable bonds is 0. The first-order valence-corrected chi connectivity index (χ1v) is 3.02. The first kappa shape index (κ1) is 6.01. The Hall–Kier alpha value is -0.120. The normalized spacial score (nSPS) is 25.1. The maximum absolute atomic E-state index is 10.5. The van der Waals surface area contributed by atoms with Crippen molar-refractivity contribution in [3.8, 4) is 0 Å². The van der Waals surface area contributed by atoms with Gasteiger partial charge in [0.25, 0.3) is 0 Å². The van der Waals surface area contributed by atoms with Gasteiger partial charge in [0, 0.05) is 6.67 Å². The molecule has 0 unspecified atom stereocenters. The van der Waals surface area contributed by atoms with Crippen LogP contribution in [0.15, 0.2) is 0 Å². The van der Waals surface area contributed by atoms with E-state index in [0.717, 1.165) is 24.4 Å². The van der Waals surface area contributed by atoms with Crippen LogP contribution in [0.25, 0.3) is 0 Å². The van der Waals surface area contributed by atoms with Crippen LogP contribution in [0.5, 0.6) is 0 Å². The van der Waals surface area contributed by atoms with Gasteiger partial charge >= 0.3 is 0 Å². The molecule has 1 aliphatic heterocycles. The summed E-state index contributed by atoms with van der Waals surface area (Å²) < 4.78 is 0. The van der Waals surface area contributed by atoms with E-state index in [0.29, 0.717) is 13.2 Å². The zero-order valence-corrected chi connectivity index (χ0v) is 4.89. The fourth-order valence-electron chi connectivity index (χ4n) is 0.821. The van der Waals surface area contributed by atoms with E-state index in [9.17, 15) is 5.21 Å². The second-order valence-electron chi connectivity index (χ2n) is 2.07. The minimum atomic E-state index is 0.514. The molecule has 0 saturated carbocycles. The summed E-state index contributed by atoms with van der Waals surface area (Å²) in [4.78, 5) is 0. The van der Waals surface area contributed by atoms with Crippen molar-refractivity contribution >= 4 is 0 Å². The minimum Gasteiger partial charge on any atom is -0.784 e. The Morgan fingerprint density at radius 2 is 2.25 bits per heavy atom. The molecule has 3 nitrogen and oxygen atoms in total. The first-order chi connectivity index (χ1) is 3.89. The zero-order valence-electron chi connectivity index (χ0n) is 4.89. The summed E-state index contributed by atoms with van der Waals surface area (Å²) >= 11 is 0. The van der Waals surface area contributed by atoms with Crippen LogP contribution in [-0.4, -0.2) is 24.8 Å². The summed E-state index contributed by atoms with van der Waals surface area (Å²) in [6.45, 7) is 2.21. The number of hydrogen-bond donors (Lipinski definition) is 1. The molecule has 48 valence electrons. The molecule has 0 radical (unpaired) electrons. The largest absolute Gasteiger partial charge is 0.784 e. The van der Waals surface area contributed by atoms with E-state index in [1.54, 1.807) is 0 Å². The van der Waals surface area contributed by atoms with Crippen molar-refractivity contribution in [1.82, 2.24) is 10.4 Å². The van der Waals surface area contributed by atoms with Crippen molar-refractivity contribution in [2.45, 2.75) is 12.8 Å². The van der Waals surface area contributed by atoms with Gasteiger partial charge in [-0.25, -0.2) is 0 Å². The molecule has 0 spiro atoms. The van der Waals surface area contributed by atoms with Crippen LogP contribution in [0.3, 0.4) is 0 Å². The second-order valence-corrected chi connectivity index (χ2v) is 2.07. The Morgan fingerprint density at radius 1 is 1.38 bits per heavy atom. The Bertz CT molecular complexity index is 59.4. The van der Waals surface area contributed by atoms with E-state index in [4.69, 9.17) is 0 Å². The molecule has 1 saturated heterocycles. The van der Waals surface area contributed by atoms with Crippen molar-refractivity contribution < 1.29 is 0 Å². The lowest BCUT2D eigenvalue weighted by Gasteiger charge is -2.24. The molecule has 0 aromatic carbocycles. The fourth-order valence-corrected chi connectivity index (χ4v) is 0.821. The molecule has 1 N–H and O–H groups in total. The molecule has 3 heteroatoms. The SMILES string of the molecule is [O-]N1CCCCNC1. The summed E-state index contributed by atoms with van der Waals surface area (Å²) in [5, 5.41) is 14.6. The molecule has 0 bridgehead atoms. The van der Waals surface area contributed by atoms with Gasteiger partial charge in [0.05, 0.1) is 0 Å². The number of nitrogens with one attached hydrogen (secondary N) is 1. The van der Waals surface area contributed by atoms with E-state index in [-0.39, 0.29) is 0 Å². The summed E-state index contributed by atoms with van der Waals surface area (Å²) in [5.41, 5.74) is 0. The zero-order chi connectivity index (χ0) is 5.82. The van der Waals surface area contributed by atoms with Crippen molar-refractivity contribution in [3.05, 3.63) is 5.21 Å². The van der Waals surface area contributed by atoms with Gasteiger partial charge in [0.1, 0.15) is 0 Å². The number of hydrogen-bond acceptors (Lipinski definition) is 3. The van der Waals surface area contributed by atoms with Crippen molar-refractivity contribution in [3.63, 3.8) is 0 Å². The molecular weight excluding hydrogens is 104 g/mol. The molecule has 1 rings (SSSR count). The van der Waals surface area contributed by atoms with Crippen LogP contribution in [0, 0.1) is 5.21 Å². The summed E-state index contributed by atoms with van der Waals surface area (Å²) in [5.74, 6) is 0. The van der Waals surface area contributed by atoms with Gasteiger partial charge in [-0.1, -0.05) is 0 Å². The van der Waals surface area contributed by atoms with E-state index in [1.165, 1.54) is 0 Å². The van der Waals surface area contributed by atoms with Crippen LogP contribution < -0.4 is 5.32 Å². The highest BCUT2D eigenvalue weighted by Gasteiger charge is 1.96. The molecule has 0 atom stereocenters. The smallest absolute Gasteiger partial charge is 0.0364 e. The standard InChI is InChI=1S/C5H11N2O/c8-7-4-2-1-3-6-5-7/h6H,1-5H2/q-1. The van der Waals surface area contributed by atoms with E-state index < -0.39 is 0 Å². The molecule has 0 aliphatic carbocycles. The Morgan fingerprint density at radius 3 is 3.12 bits per heavy atom. The molecule has 1 heterocycles. The lowest BCUT2D eigenvalue weighted by molar-refractivity contribution is 0.374. The Kier molecular flexibility index (Phi) is 2.27. The van der Waals surface area contributed by atoms with Gasteiger partial charge in [-0.05, 0) is 25.9 Å². The summed E-state index contributed by atoms with van der Waals surface area (Å²) in [6.07, 6.45) is 2.18. The predicted octanol–water partition coefficient (Wildman–Crippen LogP) is 0.127. The highest BCUT2D eigenvalue weighted by Crippen LogP contribution is 1.94. The molecule has 8 heavy (non-hydrogen) atoms. The predicted molar refractivity (Wildman–Crippen MR) is 32.2 cm³/mol. The van der Waals surface area contributed by atoms with Crippen molar-refractivity contribution in [1.29, 1.82) is 0 Å².